The fraction of sp³-hybridized carbons (Fsp3) is 0.500. The van der Waals surface area contributed by atoms with Crippen LogP contribution in [0.2, 0.25) is 0 Å². The number of carbonyl (C=O) groups is 2. The molecule has 0 aromatic heterocycles. The summed E-state index contributed by atoms with van der Waals surface area (Å²) < 4.78 is 10.7. The van der Waals surface area contributed by atoms with Crippen molar-refractivity contribution in [3.8, 4) is 0 Å². The van der Waals surface area contributed by atoms with Crippen LogP contribution in [0.4, 0.5) is 9.59 Å². The van der Waals surface area contributed by atoms with Gasteiger partial charge in [-0.1, -0.05) is 0 Å². The van der Waals surface area contributed by atoms with Crippen molar-refractivity contribution < 1.29 is 19.1 Å². The Morgan fingerprint density at radius 3 is 2.60 bits per heavy atom. The zero-order valence-electron chi connectivity index (χ0n) is 5.20. The number of hydrogen-bond donors (Lipinski definition) is 0. The first-order valence-corrected chi connectivity index (χ1v) is 2.79. The van der Waals surface area contributed by atoms with Crippen LogP contribution in [0.15, 0.2) is 4.36 Å². The maximum atomic E-state index is 10.2. The molecule has 6 heteroatoms. The van der Waals surface area contributed by atoms with Gasteiger partial charge in [0.05, 0.1) is 6.61 Å². The quantitative estimate of drug-likeness (QED) is 0.426. The van der Waals surface area contributed by atoms with Gasteiger partial charge < -0.3 is 9.47 Å². The van der Waals surface area contributed by atoms with E-state index >= 15 is 0 Å². The van der Waals surface area contributed by atoms with E-state index in [0.29, 0.717) is 0 Å². The highest BCUT2D eigenvalue weighted by Crippen LogP contribution is 1.87. The van der Waals surface area contributed by atoms with Gasteiger partial charge in [-0.2, -0.15) is 0 Å². The van der Waals surface area contributed by atoms with Crippen LogP contribution >= 0.6 is 0 Å². The van der Waals surface area contributed by atoms with Crippen molar-refractivity contribution in [1.82, 2.24) is 0 Å². The molecule has 5 nitrogen and oxygen atoms in total. The molecule has 0 saturated carbocycles. The van der Waals surface area contributed by atoms with E-state index in [0.717, 1.165) is 0 Å². The number of ether oxygens (including phenoxy) is 2. The number of carbonyl (C=O) groups excluding carboxylic acids is 2. The molecule has 0 aromatic carbocycles. The number of rotatable bonds is 1. The lowest BCUT2D eigenvalue weighted by molar-refractivity contribution is 0.0826. The lowest BCUT2D eigenvalue weighted by atomic mass is 10.9. The van der Waals surface area contributed by atoms with Gasteiger partial charge in [-0.05, 0) is 6.92 Å². The van der Waals surface area contributed by atoms with E-state index in [1.165, 1.54) is 0 Å². The van der Waals surface area contributed by atoms with Crippen molar-refractivity contribution in [3.63, 3.8) is 0 Å². The predicted octanol–water partition coefficient (Wildman–Crippen LogP) is 1.01. The Morgan fingerprint density at radius 1 is 1.60 bits per heavy atom. The summed E-state index contributed by atoms with van der Waals surface area (Å²) in [7, 11) is 0. The summed E-state index contributed by atoms with van der Waals surface area (Å²) in [6.45, 7) is 1.72. The average Bonchev–Trinajstić information content (AvgIpc) is 1.88. The molecule has 56 valence electrons. The van der Waals surface area contributed by atoms with Gasteiger partial charge in [-0.25, -0.2) is 9.59 Å². The Kier molecular flexibility index (Phi) is 4.30. The molecule has 0 aliphatic heterocycles. The van der Waals surface area contributed by atoms with E-state index in [9.17, 15) is 9.59 Å². The van der Waals surface area contributed by atoms with Crippen molar-refractivity contribution in [2.24, 2.45) is 4.36 Å². The molecule has 0 aromatic rings. The Labute approximate surface area is 62.5 Å². The van der Waals surface area contributed by atoms with Crippen molar-refractivity contribution in [2.75, 3.05) is 6.61 Å². The second-order valence-corrected chi connectivity index (χ2v) is 1.32. The van der Waals surface area contributed by atoms with E-state index in [4.69, 9.17) is 0 Å². The molecule has 1 amide bonds. The van der Waals surface area contributed by atoms with Crippen molar-refractivity contribution in [3.05, 3.63) is 0 Å². The Balaban J connectivity index is 3.57. The van der Waals surface area contributed by atoms with Gasteiger partial charge in [0.15, 0.2) is 0 Å². The highest BCUT2D eigenvalue weighted by molar-refractivity contribution is 7.47. The standard InChI is InChI=1S/C4H5NO4S/c1-2-8-4(7)9-3(6)5-10/h2H2,1H3. The van der Waals surface area contributed by atoms with Crippen molar-refractivity contribution >= 4 is 24.7 Å². The van der Waals surface area contributed by atoms with Gasteiger partial charge in [0.2, 0.25) is 0 Å². The molecule has 0 spiro atoms. The Hall–Kier alpha value is -1.04. The third-order valence-electron chi connectivity index (χ3n) is 0.507. The third kappa shape index (κ3) is 3.90. The summed E-state index contributed by atoms with van der Waals surface area (Å²) >= 11 is 3.92. The molecule has 0 fully saturated rings. The molecule has 0 aliphatic rings. The molecule has 0 saturated heterocycles. The Bertz CT molecular complexity index is 157. The summed E-state index contributed by atoms with van der Waals surface area (Å²) in [5.41, 5.74) is 0. The van der Waals surface area contributed by atoms with Crippen LogP contribution in [0.5, 0.6) is 0 Å². The molecule has 0 N–H and O–H groups in total. The van der Waals surface area contributed by atoms with Crippen LogP contribution in [0.25, 0.3) is 0 Å². The van der Waals surface area contributed by atoms with Crippen molar-refractivity contribution in [2.45, 2.75) is 6.92 Å². The molecule has 0 aliphatic carbocycles. The van der Waals surface area contributed by atoms with E-state index in [1.807, 2.05) is 0 Å². The lowest BCUT2D eigenvalue weighted by Crippen LogP contribution is -2.09. The van der Waals surface area contributed by atoms with E-state index in [1.54, 1.807) is 6.92 Å². The van der Waals surface area contributed by atoms with Crippen LogP contribution in [0, 0.1) is 0 Å². The zero-order valence-corrected chi connectivity index (χ0v) is 6.01. The monoisotopic (exact) mass is 163 g/mol. The smallest absolute Gasteiger partial charge is 0.434 e. The number of nitrogens with zero attached hydrogens (tertiary/aromatic N) is 1. The summed E-state index contributed by atoms with van der Waals surface area (Å²) in [6.07, 6.45) is -2.21. The van der Waals surface area contributed by atoms with Gasteiger partial charge in [-0.3, -0.25) is 0 Å². The minimum Gasteiger partial charge on any atom is -0.434 e. The molecular formula is C4H5NO4S. The average molecular weight is 163 g/mol. The van der Waals surface area contributed by atoms with Crippen LogP contribution in [-0.2, 0) is 21.9 Å². The van der Waals surface area contributed by atoms with Gasteiger partial charge >= 0.3 is 12.2 Å². The second-order valence-electron chi connectivity index (χ2n) is 1.14. The fourth-order valence-corrected chi connectivity index (χ4v) is 0.275. The largest absolute Gasteiger partial charge is 0.517 e. The third-order valence-corrected chi connectivity index (χ3v) is 0.656. The summed E-state index contributed by atoms with van der Waals surface area (Å²) in [4.78, 5) is 20.3. The summed E-state index contributed by atoms with van der Waals surface area (Å²) in [5.74, 6) is 0. The minimum absolute atomic E-state index is 0.142. The summed E-state index contributed by atoms with van der Waals surface area (Å²) in [6, 6.07) is 0. The van der Waals surface area contributed by atoms with Crippen molar-refractivity contribution in [1.29, 1.82) is 0 Å². The van der Waals surface area contributed by atoms with Crippen LogP contribution in [0.3, 0.4) is 0 Å². The maximum absolute atomic E-state index is 10.2. The highest BCUT2D eigenvalue weighted by Gasteiger charge is 2.07. The van der Waals surface area contributed by atoms with Gasteiger partial charge in [0.1, 0.15) is 0 Å². The SMILES string of the molecule is CCOC(=O)OC(=O)N=S. The predicted molar refractivity (Wildman–Crippen MR) is 33.3 cm³/mol. The molecule has 0 unspecified atom stereocenters. The first-order chi connectivity index (χ1) is 4.70. The normalized spacial score (nSPS) is 8.10. The second kappa shape index (κ2) is 4.80. The number of hydrogen-bond acceptors (Lipinski definition) is 5. The molecule has 0 atom stereocenters. The van der Waals surface area contributed by atoms with Gasteiger partial charge in [0.25, 0.3) is 0 Å². The fourth-order valence-electron chi connectivity index (χ4n) is 0.237. The summed E-state index contributed by atoms with van der Waals surface area (Å²) in [5, 5.41) is 0. The van der Waals surface area contributed by atoms with Crippen LogP contribution in [0.1, 0.15) is 6.92 Å². The first-order valence-electron chi connectivity index (χ1n) is 2.42. The molecular weight excluding hydrogens is 158 g/mol. The topological polar surface area (TPSA) is 65.0 Å². The maximum Gasteiger partial charge on any atom is 0.517 e. The van der Waals surface area contributed by atoms with Crippen LogP contribution < -0.4 is 0 Å². The molecule has 0 rings (SSSR count). The van der Waals surface area contributed by atoms with E-state index < -0.39 is 12.2 Å². The van der Waals surface area contributed by atoms with Gasteiger partial charge in [0, 0.05) is 12.4 Å². The molecule has 0 radical (unpaired) electrons. The molecule has 10 heavy (non-hydrogen) atoms. The van der Waals surface area contributed by atoms with Crippen LogP contribution in [-0.4, -0.2) is 18.9 Å². The minimum atomic E-state index is -1.13. The number of amides is 1. The molecule has 0 bridgehead atoms. The van der Waals surface area contributed by atoms with Gasteiger partial charge in [-0.15, -0.1) is 4.36 Å². The Morgan fingerprint density at radius 2 is 2.20 bits per heavy atom. The van der Waals surface area contributed by atoms with E-state index in [-0.39, 0.29) is 6.61 Å². The highest BCUT2D eigenvalue weighted by atomic mass is 32.1. The van der Waals surface area contributed by atoms with E-state index in [2.05, 4.69) is 26.3 Å². The first kappa shape index (κ1) is 8.96. The lowest BCUT2D eigenvalue weighted by Gasteiger charge is -1.96. The molecule has 0 heterocycles. The zero-order chi connectivity index (χ0) is 7.98.